The van der Waals surface area contributed by atoms with Gasteiger partial charge >= 0.3 is 5.97 Å². The van der Waals surface area contributed by atoms with E-state index in [2.05, 4.69) is 20.4 Å². The molecule has 0 atom stereocenters. The molecular weight excluding hydrogens is 464 g/mol. The number of carbonyl (C=O) groups is 2. The Bertz CT molecular complexity index is 1220. The molecule has 3 aromatic rings. The maximum absolute atomic E-state index is 13.0. The standard InChI is InChI=1S/C26H30N4O6/c1-16-5-7-17(8-6-16)24-28-23(36-29-24)15-30-11-9-18(10-12-30)25(31)27-20-14-22(34-3)21(33-2)13-19(20)26(32)35-4/h5-8,13-14,18H,9-12,15H2,1-4H3,(H,27,31). The van der Waals surface area contributed by atoms with Gasteiger partial charge in [0.2, 0.25) is 17.6 Å². The van der Waals surface area contributed by atoms with E-state index in [-0.39, 0.29) is 17.4 Å². The summed E-state index contributed by atoms with van der Waals surface area (Å²) in [6.07, 6.45) is 1.32. The number of methoxy groups -OCH3 is 3. The highest BCUT2D eigenvalue weighted by atomic mass is 16.5. The molecule has 190 valence electrons. The van der Waals surface area contributed by atoms with Crippen LogP contribution in [0, 0.1) is 12.8 Å². The van der Waals surface area contributed by atoms with Gasteiger partial charge in [-0.2, -0.15) is 4.98 Å². The Morgan fingerprint density at radius 1 is 1.06 bits per heavy atom. The van der Waals surface area contributed by atoms with Crippen LogP contribution in [0.4, 0.5) is 5.69 Å². The molecule has 1 aliphatic rings. The molecule has 0 radical (unpaired) electrons. The van der Waals surface area contributed by atoms with Gasteiger partial charge < -0.3 is 24.1 Å². The monoisotopic (exact) mass is 494 g/mol. The molecule has 10 heteroatoms. The third kappa shape index (κ3) is 5.65. The van der Waals surface area contributed by atoms with E-state index in [1.165, 1.54) is 33.0 Å². The first kappa shape index (κ1) is 25.2. The number of hydrogen-bond donors (Lipinski definition) is 1. The maximum atomic E-state index is 13.0. The van der Waals surface area contributed by atoms with E-state index in [9.17, 15) is 9.59 Å². The van der Waals surface area contributed by atoms with Crippen molar-refractivity contribution in [3.63, 3.8) is 0 Å². The molecule has 2 aromatic carbocycles. The summed E-state index contributed by atoms with van der Waals surface area (Å²) in [6, 6.07) is 11.0. The minimum Gasteiger partial charge on any atom is -0.493 e. The number of nitrogens with one attached hydrogen (secondary N) is 1. The van der Waals surface area contributed by atoms with Crippen molar-refractivity contribution in [2.24, 2.45) is 5.92 Å². The second kappa shape index (κ2) is 11.2. The lowest BCUT2D eigenvalue weighted by atomic mass is 9.95. The zero-order chi connectivity index (χ0) is 25.7. The summed E-state index contributed by atoms with van der Waals surface area (Å²) in [5, 5.41) is 6.97. The molecular formula is C26H30N4O6. The van der Waals surface area contributed by atoms with Crippen LogP contribution in [0.3, 0.4) is 0 Å². The van der Waals surface area contributed by atoms with E-state index < -0.39 is 5.97 Å². The van der Waals surface area contributed by atoms with Crippen molar-refractivity contribution in [2.75, 3.05) is 39.7 Å². The number of nitrogens with zero attached hydrogens (tertiary/aromatic N) is 3. The van der Waals surface area contributed by atoms with E-state index in [0.717, 1.165) is 5.56 Å². The Balaban J connectivity index is 1.36. The average molecular weight is 495 g/mol. The molecule has 0 aliphatic carbocycles. The van der Waals surface area contributed by atoms with E-state index in [4.69, 9.17) is 18.7 Å². The second-order valence-electron chi connectivity index (χ2n) is 8.66. The molecule has 2 heterocycles. The van der Waals surface area contributed by atoms with Crippen LogP contribution in [-0.2, 0) is 16.1 Å². The van der Waals surface area contributed by atoms with Crippen LogP contribution in [0.5, 0.6) is 11.5 Å². The topological polar surface area (TPSA) is 116 Å². The number of benzene rings is 2. The number of aromatic nitrogens is 2. The van der Waals surface area contributed by atoms with Crippen LogP contribution in [0.2, 0.25) is 0 Å². The minimum atomic E-state index is -0.578. The molecule has 0 bridgehead atoms. The summed E-state index contributed by atoms with van der Waals surface area (Å²) in [5.41, 5.74) is 2.60. The van der Waals surface area contributed by atoms with Crippen molar-refractivity contribution >= 4 is 17.6 Å². The fraction of sp³-hybridized carbons (Fsp3) is 0.385. The lowest BCUT2D eigenvalue weighted by molar-refractivity contribution is -0.121. The summed E-state index contributed by atoms with van der Waals surface area (Å²) in [7, 11) is 4.25. The highest BCUT2D eigenvalue weighted by Crippen LogP contribution is 2.34. The first-order chi connectivity index (χ1) is 17.4. The molecule has 0 unspecified atom stereocenters. The number of aryl methyl sites for hydroxylation is 1. The molecule has 1 aliphatic heterocycles. The molecule has 1 N–H and O–H groups in total. The van der Waals surface area contributed by atoms with Crippen LogP contribution in [0.25, 0.3) is 11.4 Å². The molecule has 1 saturated heterocycles. The molecule has 0 spiro atoms. The summed E-state index contributed by atoms with van der Waals surface area (Å²) in [5.74, 6) is 0.940. The lowest BCUT2D eigenvalue weighted by Gasteiger charge is -2.30. The fourth-order valence-corrected chi connectivity index (χ4v) is 4.18. The van der Waals surface area contributed by atoms with Crippen LogP contribution in [0.1, 0.15) is 34.7 Å². The largest absolute Gasteiger partial charge is 0.493 e. The van der Waals surface area contributed by atoms with Gasteiger partial charge in [-0.05, 0) is 32.9 Å². The zero-order valence-electron chi connectivity index (χ0n) is 20.9. The van der Waals surface area contributed by atoms with Gasteiger partial charge in [-0.3, -0.25) is 9.69 Å². The van der Waals surface area contributed by atoms with Gasteiger partial charge in [-0.25, -0.2) is 4.79 Å². The second-order valence-corrected chi connectivity index (χ2v) is 8.66. The number of likely N-dealkylation sites (tertiary alicyclic amines) is 1. The van der Waals surface area contributed by atoms with E-state index in [1.807, 2.05) is 31.2 Å². The van der Waals surface area contributed by atoms with Crippen molar-refractivity contribution in [3.8, 4) is 22.9 Å². The van der Waals surface area contributed by atoms with Gasteiger partial charge in [0.15, 0.2) is 11.5 Å². The number of ether oxygens (including phenoxy) is 3. The van der Waals surface area contributed by atoms with Gasteiger partial charge in [0, 0.05) is 23.6 Å². The highest BCUT2D eigenvalue weighted by molar-refractivity contribution is 6.02. The van der Waals surface area contributed by atoms with Gasteiger partial charge in [0.05, 0.1) is 39.1 Å². The number of amides is 1. The summed E-state index contributed by atoms with van der Waals surface area (Å²) in [4.78, 5) is 32.0. The number of piperidine rings is 1. The molecule has 0 saturated carbocycles. The van der Waals surface area contributed by atoms with Crippen LogP contribution in [-0.4, -0.2) is 61.3 Å². The molecule has 1 fully saturated rings. The predicted octanol–water partition coefficient (Wildman–Crippen LogP) is 3.70. The third-order valence-electron chi connectivity index (χ3n) is 6.28. The van der Waals surface area contributed by atoms with Gasteiger partial charge in [0.1, 0.15) is 0 Å². The maximum Gasteiger partial charge on any atom is 0.340 e. The fourth-order valence-electron chi connectivity index (χ4n) is 4.18. The highest BCUT2D eigenvalue weighted by Gasteiger charge is 2.28. The Morgan fingerprint density at radius 2 is 1.72 bits per heavy atom. The van der Waals surface area contributed by atoms with Crippen LogP contribution >= 0.6 is 0 Å². The molecule has 1 aromatic heterocycles. The Labute approximate surface area is 209 Å². The Hall–Kier alpha value is -3.92. The summed E-state index contributed by atoms with van der Waals surface area (Å²) >= 11 is 0. The summed E-state index contributed by atoms with van der Waals surface area (Å²) in [6.45, 7) is 3.96. The smallest absolute Gasteiger partial charge is 0.340 e. The zero-order valence-corrected chi connectivity index (χ0v) is 20.9. The Morgan fingerprint density at radius 3 is 2.36 bits per heavy atom. The van der Waals surface area contributed by atoms with Gasteiger partial charge in [-0.15, -0.1) is 0 Å². The van der Waals surface area contributed by atoms with E-state index in [0.29, 0.717) is 61.4 Å². The van der Waals surface area contributed by atoms with Crippen molar-refractivity contribution in [2.45, 2.75) is 26.3 Å². The van der Waals surface area contributed by atoms with Crippen molar-refractivity contribution in [1.82, 2.24) is 15.0 Å². The number of anilines is 1. The first-order valence-electron chi connectivity index (χ1n) is 11.7. The van der Waals surface area contributed by atoms with Crippen LogP contribution < -0.4 is 14.8 Å². The quantitative estimate of drug-likeness (QED) is 0.468. The molecule has 36 heavy (non-hydrogen) atoms. The number of carbonyl (C=O) groups excluding carboxylic acids is 2. The summed E-state index contributed by atoms with van der Waals surface area (Å²) < 4.78 is 20.9. The first-order valence-corrected chi connectivity index (χ1v) is 11.7. The average Bonchev–Trinajstić information content (AvgIpc) is 3.37. The number of hydrogen-bond acceptors (Lipinski definition) is 9. The normalized spacial score (nSPS) is 14.3. The molecule has 4 rings (SSSR count). The number of rotatable bonds is 8. The van der Waals surface area contributed by atoms with Crippen LogP contribution in [0.15, 0.2) is 40.9 Å². The van der Waals surface area contributed by atoms with E-state index >= 15 is 0 Å². The SMILES string of the molecule is COC(=O)c1cc(OC)c(OC)cc1NC(=O)C1CCN(Cc2nc(-c3ccc(C)cc3)no2)CC1. The molecule has 10 nitrogen and oxygen atoms in total. The van der Waals surface area contributed by atoms with Crippen molar-refractivity contribution < 1.29 is 28.3 Å². The third-order valence-corrected chi connectivity index (χ3v) is 6.28. The minimum absolute atomic E-state index is 0.161. The predicted molar refractivity (Wildman–Crippen MR) is 132 cm³/mol. The lowest BCUT2D eigenvalue weighted by Crippen LogP contribution is -2.38. The van der Waals surface area contributed by atoms with Crippen molar-refractivity contribution in [1.29, 1.82) is 0 Å². The van der Waals surface area contributed by atoms with Gasteiger partial charge in [-0.1, -0.05) is 35.0 Å². The van der Waals surface area contributed by atoms with Gasteiger partial charge in [0.25, 0.3) is 0 Å². The van der Waals surface area contributed by atoms with E-state index in [1.54, 1.807) is 6.07 Å². The Kier molecular flexibility index (Phi) is 7.84. The molecule has 1 amide bonds. The van der Waals surface area contributed by atoms with Crippen molar-refractivity contribution in [3.05, 3.63) is 53.4 Å². The number of esters is 1.